The monoisotopic (exact) mass is 230 g/mol. The molecule has 88 valence electrons. The molecule has 0 bridgehead atoms. The Morgan fingerprint density at radius 1 is 1.29 bits per heavy atom. The van der Waals surface area contributed by atoms with E-state index in [-0.39, 0.29) is 11.9 Å². The lowest BCUT2D eigenvalue weighted by Crippen LogP contribution is -2.19. The molecule has 0 aliphatic heterocycles. The Morgan fingerprint density at radius 3 is 2.76 bits per heavy atom. The van der Waals surface area contributed by atoms with Crippen molar-refractivity contribution in [2.75, 3.05) is 7.05 Å². The molecule has 0 amide bonds. The number of halogens is 1. The van der Waals surface area contributed by atoms with Gasteiger partial charge in [-0.15, -0.1) is 0 Å². The third-order valence-corrected chi connectivity index (χ3v) is 2.86. The maximum absolute atomic E-state index is 13.3. The summed E-state index contributed by atoms with van der Waals surface area (Å²) in [5, 5.41) is 3.20. The van der Waals surface area contributed by atoms with Crippen LogP contribution in [0.3, 0.4) is 0 Å². The van der Waals surface area contributed by atoms with Crippen LogP contribution in [0.5, 0.6) is 0 Å². The molecule has 3 heteroatoms. The van der Waals surface area contributed by atoms with Gasteiger partial charge in [0.05, 0.1) is 6.04 Å². The summed E-state index contributed by atoms with van der Waals surface area (Å²) in [4.78, 5) is 4.10. The van der Waals surface area contributed by atoms with Gasteiger partial charge in [0.25, 0.3) is 0 Å². The van der Waals surface area contributed by atoms with E-state index in [0.29, 0.717) is 0 Å². The standard InChI is InChI=1S/C14H15FN2/c1-10-5-6-12(15)8-13(10)14(16-2)11-4-3-7-17-9-11/h3-9,14,16H,1-2H3. The molecular formula is C14H15FN2. The summed E-state index contributed by atoms with van der Waals surface area (Å²) >= 11 is 0. The van der Waals surface area contributed by atoms with E-state index in [1.165, 1.54) is 6.07 Å². The Labute approximate surface area is 101 Å². The molecule has 0 fully saturated rings. The molecule has 0 radical (unpaired) electrons. The number of aromatic nitrogens is 1. The molecule has 0 aliphatic rings. The van der Waals surface area contributed by atoms with Crippen molar-refractivity contribution < 1.29 is 4.39 Å². The molecule has 17 heavy (non-hydrogen) atoms. The van der Waals surface area contributed by atoms with Crippen molar-refractivity contribution in [2.45, 2.75) is 13.0 Å². The van der Waals surface area contributed by atoms with Crippen LogP contribution in [-0.2, 0) is 0 Å². The van der Waals surface area contributed by atoms with Gasteiger partial charge in [-0.25, -0.2) is 4.39 Å². The third-order valence-electron chi connectivity index (χ3n) is 2.86. The van der Waals surface area contributed by atoms with Crippen molar-refractivity contribution in [3.8, 4) is 0 Å². The second-order valence-electron chi connectivity index (χ2n) is 4.01. The van der Waals surface area contributed by atoms with Gasteiger partial charge in [-0.05, 0) is 48.9 Å². The minimum absolute atomic E-state index is 0.0283. The fraction of sp³-hybridized carbons (Fsp3) is 0.214. The predicted octanol–water partition coefficient (Wildman–Crippen LogP) is 2.84. The molecule has 1 aromatic heterocycles. The van der Waals surface area contributed by atoms with Gasteiger partial charge in [-0.1, -0.05) is 12.1 Å². The van der Waals surface area contributed by atoms with Gasteiger partial charge in [0, 0.05) is 12.4 Å². The van der Waals surface area contributed by atoms with Crippen LogP contribution in [0.15, 0.2) is 42.7 Å². The Kier molecular flexibility index (Phi) is 3.49. The first kappa shape index (κ1) is 11.7. The third kappa shape index (κ3) is 2.50. The van der Waals surface area contributed by atoms with E-state index in [1.54, 1.807) is 24.5 Å². The molecule has 1 heterocycles. The Balaban J connectivity index is 2.46. The zero-order chi connectivity index (χ0) is 12.3. The Bertz CT molecular complexity index is 497. The number of pyridine rings is 1. The van der Waals surface area contributed by atoms with Gasteiger partial charge in [-0.3, -0.25) is 4.98 Å². The summed E-state index contributed by atoms with van der Waals surface area (Å²) in [5.41, 5.74) is 3.04. The van der Waals surface area contributed by atoms with E-state index in [2.05, 4.69) is 10.3 Å². The molecule has 1 N–H and O–H groups in total. The summed E-state index contributed by atoms with van der Waals surface area (Å²) < 4.78 is 13.3. The van der Waals surface area contributed by atoms with Crippen LogP contribution in [0.2, 0.25) is 0 Å². The van der Waals surface area contributed by atoms with Crippen LogP contribution in [0.25, 0.3) is 0 Å². The summed E-state index contributed by atoms with van der Waals surface area (Å²) in [6.07, 6.45) is 3.53. The largest absolute Gasteiger partial charge is 0.309 e. The summed E-state index contributed by atoms with van der Waals surface area (Å²) in [7, 11) is 1.86. The molecule has 1 atom stereocenters. The maximum Gasteiger partial charge on any atom is 0.123 e. The van der Waals surface area contributed by atoms with Crippen LogP contribution in [0.1, 0.15) is 22.7 Å². The molecular weight excluding hydrogens is 215 g/mol. The number of benzene rings is 1. The molecule has 2 aromatic rings. The quantitative estimate of drug-likeness (QED) is 0.877. The lowest BCUT2D eigenvalue weighted by molar-refractivity contribution is 0.614. The molecule has 2 rings (SSSR count). The van der Waals surface area contributed by atoms with Gasteiger partial charge < -0.3 is 5.32 Å². The van der Waals surface area contributed by atoms with E-state index in [0.717, 1.165) is 16.7 Å². The van der Waals surface area contributed by atoms with Crippen LogP contribution < -0.4 is 5.32 Å². The van der Waals surface area contributed by atoms with Crippen molar-refractivity contribution in [1.82, 2.24) is 10.3 Å². The zero-order valence-corrected chi connectivity index (χ0v) is 9.94. The molecule has 0 aliphatic carbocycles. The van der Waals surface area contributed by atoms with E-state index < -0.39 is 0 Å². The highest BCUT2D eigenvalue weighted by molar-refractivity contribution is 5.36. The molecule has 0 spiro atoms. The van der Waals surface area contributed by atoms with E-state index >= 15 is 0 Å². The first-order chi connectivity index (χ1) is 8.22. The fourth-order valence-corrected chi connectivity index (χ4v) is 1.97. The molecule has 1 aromatic carbocycles. The van der Waals surface area contributed by atoms with Gasteiger partial charge in [-0.2, -0.15) is 0 Å². The average molecular weight is 230 g/mol. The highest BCUT2D eigenvalue weighted by atomic mass is 19.1. The number of hydrogen-bond acceptors (Lipinski definition) is 2. The van der Waals surface area contributed by atoms with Crippen LogP contribution in [0, 0.1) is 12.7 Å². The van der Waals surface area contributed by atoms with Crippen LogP contribution in [-0.4, -0.2) is 12.0 Å². The minimum Gasteiger partial charge on any atom is -0.309 e. The predicted molar refractivity (Wildman–Crippen MR) is 66.3 cm³/mol. The average Bonchev–Trinajstić information content (AvgIpc) is 2.36. The first-order valence-electron chi connectivity index (χ1n) is 5.55. The first-order valence-corrected chi connectivity index (χ1v) is 5.55. The van der Waals surface area contributed by atoms with Gasteiger partial charge >= 0.3 is 0 Å². The number of hydrogen-bond donors (Lipinski definition) is 1. The molecule has 2 nitrogen and oxygen atoms in total. The second-order valence-corrected chi connectivity index (χ2v) is 4.01. The summed E-state index contributed by atoms with van der Waals surface area (Å²) in [5.74, 6) is -0.213. The van der Waals surface area contributed by atoms with E-state index in [1.807, 2.05) is 26.1 Å². The lowest BCUT2D eigenvalue weighted by atomic mass is 9.96. The van der Waals surface area contributed by atoms with Gasteiger partial charge in [0.2, 0.25) is 0 Å². The van der Waals surface area contributed by atoms with Crippen LogP contribution >= 0.6 is 0 Å². The number of rotatable bonds is 3. The van der Waals surface area contributed by atoms with Crippen molar-refractivity contribution in [1.29, 1.82) is 0 Å². The topological polar surface area (TPSA) is 24.9 Å². The van der Waals surface area contributed by atoms with E-state index in [4.69, 9.17) is 0 Å². The normalized spacial score (nSPS) is 12.4. The van der Waals surface area contributed by atoms with Crippen molar-refractivity contribution >= 4 is 0 Å². The zero-order valence-electron chi connectivity index (χ0n) is 9.94. The Hall–Kier alpha value is -1.74. The maximum atomic E-state index is 13.3. The summed E-state index contributed by atoms with van der Waals surface area (Å²) in [6.45, 7) is 1.98. The minimum atomic E-state index is -0.213. The second kappa shape index (κ2) is 5.06. The highest BCUT2D eigenvalue weighted by Gasteiger charge is 2.14. The number of nitrogens with one attached hydrogen (secondary N) is 1. The smallest absolute Gasteiger partial charge is 0.123 e. The molecule has 1 unspecified atom stereocenters. The van der Waals surface area contributed by atoms with E-state index in [9.17, 15) is 4.39 Å². The van der Waals surface area contributed by atoms with Crippen molar-refractivity contribution in [3.63, 3.8) is 0 Å². The van der Waals surface area contributed by atoms with Crippen molar-refractivity contribution in [3.05, 3.63) is 65.2 Å². The number of aryl methyl sites for hydroxylation is 1. The van der Waals surface area contributed by atoms with Crippen LogP contribution in [0.4, 0.5) is 4.39 Å². The lowest BCUT2D eigenvalue weighted by Gasteiger charge is -2.19. The fourth-order valence-electron chi connectivity index (χ4n) is 1.97. The highest BCUT2D eigenvalue weighted by Crippen LogP contribution is 2.24. The SMILES string of the molecule is CNC(c1cccnc1)c1cc(F)ccc1C. The van der Waals surface area contributed by atoms with Crippen molar-refractivity contribution in [2.24, 2.45) is 0 Å². The number of nitrogens with zero attached hydrogens (tertiary/aromatic N) is 1. The molecule has 0 saturated heterocycles. The molecule has 0 saturated carbocycles. The van der Waals surface area contributed by atoms with Gasteiger partial charge in [0.15, 0.2) is 0 Å². The van der Waals surface area contributed by atoms with Gasteiger partial charge in [0.1, 0.15) is 5.82 Å². The Morgan fingerprint density at radius 2 is 2.12 bits per heavy atom. The summed E-state index contributed by atoms with van der Waals surface area (Å²) in [6, 6.07) is 8.69.